The van der Waals surface area contributed by atoms with Gasteiger partial charge in [0.05, 0.1) is 17.4 Å². The Balaban J connectivity index is 1.70. The molecule has 2 aromatic carbocycles. The molecule has 1 aromatic heterocycles. The molecule has 0 radical (unpaired) electrons. The van der Waals surface area contributed by atoms with Gasteiger partial charge in [-0.05, 0) is 36.1 Å². The summed E-state index contributed by atoms with van der Waals surface area (Å²) < 4.78 is 0. The van der Waals surface area contributed by atoms with Crippen molar-refractivity contribution in [3.05, 3.63) is 89.2 Å². The Bertz CT molecular complexity index is 917. The number of nitrogens with one attached hydrogen (secondary N) is 2. The van der Waals surface area contributed by atoms with Crippen LogP contribution in [0.3, 0.4) is 0 Å². The molecule has 4 heteroatoms. The van der Waals surface area contributed by atoms with Gasteiger partial charge >= 0.3 is 0 Å². The molecule has 2 N–H and O–H groups in total. The molecule has 0 saturated heterocycles. The van der Waals surface area contributed by atoms with Crippen molar-refractivity contribution in [2.45, 2.75) is 33.2 Å². The van der Waals surface area contributed by atoms with E-state index in [0.717, 1.165) is 16.9 Å². The quantitative estimate of drug-likeness (QED) is 0.637. The molecule has 0 atom stereocenters. The fraction of sp³-hybridized carbons (Fsp3) is 0.217. The number of aryl methyl sites for hydroxylation is 1. The molecular formula is C23H25N3O. The first-order chi connectivity index (χ1) is 13.0. The maximum Gasteiger partial charge on any atom is 0.253 e. The van der Waals surface area contributed by atoms with Gasteiger partial charge in [0, 0.05) is 18.4 Å². The Labute approximate surface area is 160 Å². The van der Waals surface area contributed by atoms with Crippen LogP contribution in [-0.4, -0.2) is 10.9 Å². The van der Waals surface area contributed by atoms with Crippen LogP contribution in [0.25, 0.3) is 0 Å². The Morgan fingerprint density at radius 1 is 1.04 bits per heavy atom. The van der Waals surface area contributed by atoms with E-state index in [1.807, 2.05) is 55.5 Å². The van der Waals surface area contributed by atoms with Crippen LogP contribution in [0, 0.1) is 6.92 Å². The van der Waals surface area contributed by atoms with Gasteiger partial charge in [-0.15, -0.1) is 0 Å². The molecule has 0 aliphatic heterocycles. The largest absolute Gasteiger partial charge is 0.354 e. The monoisotopic (exact) mass is 359 g/mol. The third-order valence-corrected chi connectivity index (χ3v) is 4.44. The number of hydrogen-bond acceptors (Lipinski definition) is 3. The third-order valence-electron chi connectivity index (χ3n) is 4.44. The van der Waals surface area contributed by atoms with E-state index >= 15 is 0 Å². The summed E-state index contributed by atoms with van der Waals surface area (Å²) in [4.78, 5) is 16.7. The minimum Gasteiger partial charge on any atom is -0.354 e. The van der Waals surface area contributed by atoms with E-state index in [0.29, 0.717) is 18.0 Å². The summed E-state index contributed by atoms with van der Waals surface area (Å²) in [5.74, 6) is 0.270. The van der Waals surface area contributed by atoms with Crippen molar-refractivity contribution in [3.63, 3.8) is 0 Å². The van der Waals surface area contributed by atoms with Crippen molar-refractivity contribution in [1.82, 2.24) is 10.3 Å². The van der Waals surface area contributed by atoms with Gasteiger partial charge in [-0.1, -0.05) is 61.9 Å². The smallest absolute Gasteiger partial charge is 0.253 e. The van der Waals surface area contributed by atoms with Crippen LogP contribution in [0.5, 0.6) is 0 Å². The summed E-state index contributed by atoms with van der Waals surface area (Å²) in [7, 11) is 0. The van der Waals surface area contributed by atoms with E-state index in [1.165, 1.54) is 11.1 Å². The molecule has 0 aliphatic rings. The second kappa shape index (κ2) is 8.49. The molecule has 0 spiro atoms. The number of para-hydroxylation sites is 1. The van der Waals surface area contributed by atoms with Crippen LogP contribution in [0.1, 0.15) is 46.8 Å². The van der Waals surface area contributed by atoms with Gasteiger partial charge in [0.1, 0.15) is 0 Å². The number of benzene rings is 2. The SMILES string of the molecule is Cc1ccc(CNC(=O)c2cncc(Nc3ccccc3C(C)C)c2)cc1. The van der Waals surface area contributed by atoms with Crippen LogP contribution in [0.4, 0.5) is 11.4 Å². The Morgan fingerprint density at radius 3 is 2.52 bits per heavy atom. The van der Waals surface area contributed by atoms with Crippen LogP contribution >= 0.6 is 0 Å². The topological polar surface area (TPSA) is 54.0 Å². The molecule has 0 unspecified atom stereocenters. The Morgan fingerprint density at radius 2 is 1.78 bits per heavy atom. The minimum absolute atomic E-state index is 0.135. The summed E-state index contributed by atoms with van der Waals surface area (Å²) in [5.41, 5.74) is 5.87. The fourth-order valence-corrected chi connectivity index (χ4v) is 2.89. The maximum absolute atomic E-state index is 12.5. The Hall–Kier alpha value is -3.14. The van der Waals surface area contributed by atoms with Crippen LogP contribution in [-0.2, 0) is 6.54 Å². The van der Waals surface area contributed by atoms with E-state index in [1.54, 1.807) is 12.4 Å². The molecule has 4 nitrogen and oxygen atoms in total. The lowest BCUT2D eigenvalue weighted by molar-refractivity contribution is 0.0950. The lowest BCUT2D eigenvalue weighted by Gasteiger charge is -2.15. The first-order valence-electron chi connectivity index (χ1n) is 9.17. The highest BCUT2D eigenvalue weighted by Gasteiger charge is 2.09. The molecular weight excluding hydrogens is 334 g/mol. The first kappa shape index (κ1) is 18.6. The van der Waals surface area contributed by atoms with Crippen LogP contribution < -0.4 is 10.6 Å². The van der Waals surface area contributed by atoms with Gasteiger partial charge in [0.25, 0.3) is 5.91 Å². The molecule has 3 aromatic rings. The molecule has 0 aliphatic carbocycles. The highest BCUT2D eigenvalue weighted by Crippen LogP contribution is 2.26. The highest BCUT2D eigenvalue weighted by atomic mass is 16.1. The fourth-order valence-electron chi connectivity index (χ4n) is 2.89. The standard InChI is InChI=1S/C23H25N3O/c1-16(2)21-6-4-5-7-22(21)26-20-12-19(14-24-15-20)23(27)25-13-18-10-8-17(3)9-11-18/h4-12,14-16,26H,13H2,1-3H3,(H,25,27). The first-order valence-corrected chi connectivity index (χ1v) is 9.17. The summed E-state index contributed by atoms with van der Waals surface area (Å²) in [6, 6.07) is 18.1. The van der Waals surface area contributed by atoms with Crippen molar-refractivity contribution in [2.75, 3.05) is 5.32 Å². The summed E-state index contributed by atoms with van der Waals surface area (Å²) >= 11 is 0. The van der Waals surface area contributed by atoms with Gasteiger partial charge in [-0.25, -0.2) is 0 Å². The van der Waals surface area contributed by atoms with Crippen molar-refractivity contribution >= 4 is 17.3 Å². The zero-order valence-electron chi connectivity index (χ0n) is 16.0. The number of carbonyl (C=O) groups excluding carboxylic acids is 1. The lowest BCUT2D eigenvalue weighted by Crippen LogP contribution is -2.23. The second-order valence-corrected chi connectivity index (χ2v) is 7.00. The predicted octanol–water partition coefficient (Wildman–Crippen LogP) is 5.19. The number of aromatic nitrogens is 1. The molecule has 0 fully saturated rings. The van der Waals surface area contributed by atoms with Gasteiger partial charge in [-0.3, -0.25) is 9.78 Å². The highest BCUT2D eigenvalue weighted by molar-refractivity contribution is 5.94. The van der Waals surface area contributed by atoms with Crippen molar-refractivity contribution < 1.29 is 4.79 Å². The van der Waals surface area contributed by atoms with Crippen molar-refractivity contribution in [1.29, 1.82) is 0 Å². The van der Waals surface area contributed by atoms with Crippen LogP contribution in [0.15, 0.2) is 67.0 Å². The molecule has 3 rings (SSSR count). The molecule has 27 heavy (non-hydrogen) atoms. The number of hydrogen-bond donors (Lipinski definition) is 2. The number of pyridine rings is 1. The molecule has 138 valence electrons. The number of amides is 1. The number of carbonyl (C=O) groups is 1. The summed E-state index contributed by atoms with van der Waals surface area (Å²) in [6.07, 6.45) is 3.32. The molecule has 1 amide bonds. The molecule has 0 bridgehead atoms. The van der Waals surface area contributed by atoms with Gasteiger partial charge in [0.15, 0.2) is 0 Å². The van der Waals surface area contributed by atoms with Crippen LogP contribution in [0.2, 0.25) is 0 Å². The van der Waals surface area contributed by atoms with Gasteiger partial charge < -0.3 is 10.6 Å². The molecule has 0 saturated carbocycles. The van der Waals surface area contributed by atoms with Crippen molar-refractivity contribution in [2.24, 2.45) is 0 Å². The van der Waals surface area contributed by atoms with Gasteiger partial charge in [-0.2, -0.15) is 0 Å². The van der Waals surface area contributed by atoms with Crippen molar-refractivity contribution in [3.8, 4) is 0 Å². The number of anilines is 2. The zero-order chi connectivity index (χ0) is 19.2. The minimum atomic E-state index is -0.135. The van der Waals surface area contributed by atoms with E-state index in [4.69, 9.17) is 0 Å². The predicted molar refractivity (Wildman–Crippen MR) is 110 cm³/mol. The van der Waals surface area contributed by atoms with E-state index < -0.39 is 0 Å². The maximum atomic E-state index is 12.5. The second-order valence-electron chi connectivity index (χ2n) is 7.00. The summed E-state index contributed by atoms with van der Waals surface area (Å²) in [5, 5.41) is 6.34. The van der Waals surface area contributed by atoms with E-state index in [2.05, 4.69) is 35.5 Å². The number of rotatable bonds is 6. The van der Waals surface area contributed by atoms with E-state index in [9.17, 15) is 4.79 Å². The van der Waals surface area contributed by atoms with E-state index in [-0.39, 0.29) is 5.91 Å². The third kappa shape index (κ3) is 4.94. The summed E-state index contributed by atoms with van der Waals surface area (Å²) in [6.45, 7) is 6.86. The normalized spacial score (nSPS) is 10.7. The Kier molecular flexibility index (Phi) is 5.87. The average Bonchev–Trinajstić information content (AvgIpc) is 2.68. The zero-order valence-corrected chi connectivity index (χ0v) is 16.0. The average molecular weight is 359 g/mol. The van der Waals surface area contributed by atoms with Gasteiger partial charge in [0.2, 0.25) is 0 Å². The lowest BCUT2D eigenvalue weighted by atomic mass is 10.0. The molecule has 1 heterocycles. The number of nitrogens with zero attached hydrogens (tertiary/aromatic N) is 1.